The maximum absolute atomic E-state index is 11.7. The summed E-state index contributed by atoms with van der Waals surface area (Å²) in [5.74, 6) is 2.52. The van der Waals surface area contributed by atoms with Gasteiger partial charge in [0, 0.05) is 19.3 Å². The van der Waals surface area contributed by atoms with Crippen molar-refractivity contribution in [1.82, 2.24) is 4.90 Å². The molecule has 0 fully saturated rings. The summed E-state index contributed by atoms with van der Waals surface area (Å²) in [5.41, 5.74) is 5.40. The molecule has 0 spiro atoms. The molecule has 0 saturated heterocycles. The summed E-state index contributed by atoms with van der Waals surface area (Å²) in [6.07, 6.45) is 0. The molecule has 0 aromatic carbocycles. The van der Waals surface area contributed by atoms with E-state index in [-0.39, 0.29) is 6.54 Å². The van der Waals surface area contributed by atoms with Crippen molar-refractivity contribution in [3.8, 4) is 0 Å². The van der Waals surface area contributed by atoms with Crippen molar-refractivity contribution in [2.45, 2.75) is 16.1 Å². The Morgan fingerprint density at radius 3 is 2.63 bits per heavy atom. The number of nitrogens with zero attached hydrogens (tertiary/aromatic N) is 1. The Morgan fingerprint density at radius 1 is 1.42 bits per heavy atom. The average Bonchev–Trinajstić information content (AvgIpc) is 2.75. The number of carbonyl (C=O) groups excluding carboxylic acids is 1. The van der Waals surface area contributed by atoms with Crippen LogP contribution in [-0.4, -0.2) is 33.9 Å². The molecule has 1 aromatic rings. The smallest absolute Gasteiger partial charge is 0.274 e. The number of furan rings is 1. The van der Waals surface area contributed by atoms with Gasteiger partial charge in [-0.3, -0.25) is 4.79 Å². The molecule has 4 nitrogen and oxygen atoms in total. The third kappa shape index (κ3) is 5.83. The van der Waals surface area contributed by atoms with E-state index in [1.165, 1.54) is 4.90 Å². The number of carbonyl (C=O) groups is 1. The zero-order valence-corrected chi connectivity index (χ0v) is 13.5. The van der Waals surface area contributed by atoms with E-state index in [1.54, 1.807) is 24.9 Å². The van der Waals surface area contributed by atoms with Crippen LogP contribution in [0.5, 0.6) is 0 Å². The number of alkyl halides is 3. The maximum atomic E-state index is 11.7. The molecule has 19 heavy (non-hydrogen) atoms. The lowest BCUT2D eigenvalue weighted by Crippen LogP contribution is -2.35. The highest BCUT2D eigenvalue weighted by Gasteiger charge is 2.33. The van der Waals surface area contributed by atoms with E-state index >= 15 is 0 Å². The first-order valence-electron chi connectivity index (χ1n) is 5.52. The van der Waals surface area contributed by atoms with Crippen molar-refractivity contribution in [2.75, 3.05) is 19.3 Å². The number of rotatable bonds is 6. The van der Waals surface area contributed by atoms with Gasteiger partial charge in [0.25, 0.3) is 9.70 Å². The van der Waals surface area contributed by atoms with Gasteiger partial charge >= 0.3 is 0 Å². The summed E-state index contributed by atoms with van der Waals surface area (Å²) in [6, 6.07) is 3.67. The van der Waals surface area contributed by atoms with Crippen molar-refractivity contribution < 1.29 is 9.21 Å². The minimum atomic E-state index is -1.94. The zero-order chi connectivity index (χ0) is 14.5. The van der Waals surface area contributed by atoms with E-state index in [1.807, 2.05) is 6.07 Å². The van der Waals surface area contributed by atoms with E-state index in [0.717, 1.165) is 17.3 Å². The third-order valence-corrected chi connectivity index (χ3v) is 3.70. The van der Waals surface area contributed by atoms with E-state index in [9.17, 15) is 4.79 Å². The molecule has 1 amide bonds. The number of amides is 1. The highest BCUT2D eigenvalue weighted by molar-refractivity contribution is 7.98. The van der Waals surface area contributed by atoms with Crippen LogP contribution in [0.3, 0.4) is 0 Å². The van der Waals surface area contributed by atoms with Gasteiger partial charge in [0.2, 0.25) is 0 Å². The van der Waals surface area contributed by atoms with Crippen LogP contribution in [0.25, 0.3) is 0 Å². The number of thioether (sulfide) groups is 1. The lowest BCUT2D eigenvalue weighted by atomic mass is 10.4. The summed E-state index contributed by atoms with van der Waals surface area (Å²) >= 11 is 18.3. The van der Waals surface area contributed by atoms with Crippen molar-refractivity contribution in [3.63, 3.8) is 0 Å². The molecule has 0 unspecified atom stereocenters. The van der Waals surface area contributed by atoms with Crippen LogP contribution in [0, 0.1) is 0 Å². The monoisotopic (exact) mass is 344 g/mol. The van der Waals surface area contributed by atoms with Crippen molar-refractivity contribution >= 4 is 52.5 Å². The minimum Gasteiger partial charge on any atom is -0.463 e. The lowest BCUT2D eigenvalue weighted by Gasteiger charge is -2.20. The van der Waals surface area contributed by atoms with E-state index in [4.69, 9.17) is 45.0 Å². The Kier molecular flexibility index (Phi) is 6.83. The van der Waals surface area contributed by atoms with Gasteiger partial charge in [-0.05, 0) is 12.1 Å². The van der Waals surface area contributed by atoms with Gasteiger partial charge in [0.05, 0.1) is 12.3 Å². The molecule has 0 aliphatic carbocycles. The van der Waals surface area contributed by atoms with Gasteiger partial charge in [0.1, 0.15) is 11.5 Å². The molecule has 0 saturated carbocycles. The van der Waals surface area contributed by atoms with E-state index < -0.39 is 9.70 Å². The van der Waals surface area contributed by atoms with Crippen LogP contribution >= 0.6 is 46.6 Å². The summed E-state index contributed by atoms with van der Waals surface area (Å²) < 4.78 is 3.64. The highest BCUT2D eigenvalue weighted by Crippen LogP contribution is 2.28. The number of nitrogens with two attached hydrogens (primary N) is 1. The Balaban J connectivity index is 2.51. The molecule has 0 atom stereocenters. The molecule has 0 bridgehead atoms. The molecule has 8 heteroatoms. The lowest BCUT2D eigenvalue weighted by molar-refractivity contribution is -0.129. The average molecular weight is 346 g/mol. The number of hydrogen-bond acceptors (Lipinski definition) is 4. The SMILES string of the molecule is CN(Cc1ccc(CSCCN)o1)C(=O)C(Cl)(Cl)Cl. The summed E-state index contributed by atoms with van der Waals surface area (Å²) in [5, 5.41) is 0. The molecule has 0 aliphatic heterocycles. The van der Waals surface area contributed by atoms with Gasteiger partial charge in [-0.1, -0.05) is 34.8 Å². The molecule has 1 heterocycles. The summed E-state index contributed by atoms with van der Waals surface area (Å²) in [6.45, 7) is 0.896. The molecule has 0 aliphatic rings. The molecular weight excluding hydrogens is 331 g/mol. The first-order valence-corrected chi connectivity index (χ1v) is 7.81. The minimum absolute atomic E-state index is 0.258. The first-order chi connectivity index (χ1) is 8.84. The van der Waals surface area contributed by atoms with Crippen molar-refractivity contribution in [1.29, 1.82) is 0 Å². The second kappa shape index (κ2) is 7.64. The fourth-order valence-electron chi connectivity index (χ4n) is 1.36. The van der Waals surface area contributed by atoms with Gasteiger partial charge in [-0.25, -0.2) is 0 Å². The largest absolute Gasteiger partial charge is 0.463 e. The molecule has 1 rings (SSSR count). The quantitative estimate of drug-likeness (QED) is 0.636. The van der Waals surface area contributed by atoms with Crippen LogP contribution in [0.2, 0.25) is 0 Å². The Morgan fingerprint density at radius 2 is 2.05 bits per heavy atom. The Hall–Kier alpha value is -0.0700. The zero-order valence-electron chi connectivity index (χ0n) is 10.4. The predicted octanol–water partition coefficient (Wildman–Crippen LogP) is 2.80. The highest BCUT2D eigenvalue weighted by atomic mass is 35.6. The van der Waals surface area contributed by atoms with Gasteiger partial charge in [-0.15, -0.1) is 0 Å². The maximum Gasteiger partial charge on any atom is 0.274 e. The second-order valence-corrected chi connectivity index (χ2v) is 7.25. The van der Waals surface area contributed by atoms with Crippen LogP contribution in [0.1, 0.15) is 11.5 Å². The third-order valence-electron chi connectivity index (χ3n) is 2.21. The Bertz CT molecular complexity index is 420. The van der Waals surface area contributed by atoms with Crippen LogP contribution < -0.4 is 5.73 Å². The Labute approximate surface area is 131 Å². The van der Waals surface area contributed by atoms with E-state index in [0.29, 0.717) is 12.3 Å². The topological polar surface area (TPSA) is 59.5 Å². The molecule has 108 valence electrons. The summed E-state index contributed by atoms with van der Waals surface area (Å²) in [7, 11) is 1.55. The fraction of sp³-hybridized carbons (Fsp3) is 0.545. The first kappa shape index (κ1) is 17.0. The van der Waals surface area contributed by atoms with Crippen molar-refractivity contribution in [3.05, 3.63) is 23.7 Å². The van der Waals surface area contributed by atoms with Gasteiger partial charge < -0.3 is 15.1 Å². The molecular formula is C11H15Cl3N2O2S. The van der Waals surface area contributed by atoms with E-state index in [2.05, 4.69) is 0 Å². The van der Waals surface area contributed by atoms with Crippen LogP contribution in [-0.2, 0) is 17.1 Å². The normalized spacial score (nSPS) is 11.6. The summed E-state index contributed by atoms with van der Waals surface area (Å²) in [4.78, 5) is 13.0. The molecule has 2 N–H and O–H groups in total. The molecule has 0 radical (unpaired) electrons. The second-order valence-electron chi connectivity index (χ2n) is 3.87. The van der Waals surface area contributed by atoms with Crippen LogP contribution in [0.4, 0.5) is 0 Å². The number of hydrogen-bond donors (Lipinski definition) is 1. The van der Waals surface area contributed by atoms with Gasteiger partial charge in [-0.2, -0.15) is 11.8 Å². The van der Waals surface area contributed by atoms with Crippen molar-refractivity contribution in [2.24, 2.45) is 5.73 Å². The fourth-order valence-corrected chi connectivity index (χ4v) is 2.46. The van der Waals surface area contributed by atoms with Crippen LogP contribution in [0.15, 0.2) is 16.5 Å². The number of halogens is 3. The van der Waals surface area contributed by atoms with Gasteiger partial charge in [0.15, 0.2) is 0 Å². The standard InChI is InChI=1S/C11H15Cl3N2O2S/c1-16(10(17)11(12,13)14)6-8-2-3-9(18-8)7-19-5-4-15/h2-3H,4-7,15H2,1H3. The molecule has 1 aromatic heterocycles. The predicted molar refractivity (Wildman–Crippen MR) is 80.7 cm³/mol.